The minimum absolute atomic E-state index is 0. The summed E-state index contributed by atoms with van der Waals surface area (Å²) in [6, 6.07) is 0. The quantitative estimate of drug-likeness (QED) is 0.270. The van der Waals surface area contributed by atoms with E-state index in [2.05, 4.69) is 0 Å². The second kappa shape index (κ2) is 24.6. The van der Waals surface area contributed by atoms with Crippen LogP contribution >= 0.6 is 18.1 Å². The molecule has 0 heterocycles. The third-order valence-electron chi connectivity index (χ3n) is 0. The molecule has 0 rings (SSSR count). The molecule has 4 nitrogen and oxygen atoms in total. The summed E-state index contributed by atoms with van der Waals surface area (Å²) in [5.41, 5.74) is 0. The van der Waals surface area contributed by atoms with Crippen LogP contribution in [0.15, 0.2) is 0 Å². The largest absolute Gasteiger partial charge is 2.00 e. The van der Waals surface area contributed by atoms with E-state index in [0.717, 1.165) is 0 Å². The maximum Gasteiger partial charge on any atom is 2.00 e. The van der Waals surface area contributed by atoms with Gasteiger partial charge in [0.2, 0.25) is 0 Å². The Balaban J connectivity index is -0.0000000400. The molecule has 0 spiro atoms. The van der Waals surface area contributed by atoms with Gasteiger partial charge >= 0.3 is 37.7 Å². The van der Waals surface area contributed by atoms with Gasteiger partial charge in [-0.05, 0) is 0 Å². The van der Waals surface area contributed by atoms with E-state index >= 15 is 0 Å². The third kappa shape index (κ3) is 73.6. The van der Waals surface area contributed by atoms with Crippen LogP contribution in [0.1, 0.15) is 0 Å². The SMILES string of the molecule is [Ca+2].[O-][PH2+][O-].[O-][PH2+][O-]. The fourth-order valence-corrected chi connectivity index (χ4v) is 0. The van der Waals surface area contributed by atoms with Gasteiger partial charge in [-0.2, -0.15) is 0 Å². The van der Waals surface area contributed by atoms with Crippen LogP contribution in [0.3, 0.4) is 0 Å². The summed E-state index contributed by atoms with van der Waals surface area (Å²) in [5.74, 6) is 0. The molecule has 40 valence electrons. The molecule has 0 amide bonds. The Kier molecular flexibility index (Phi) is 56.1. The van der Waals surface area contributed by atoms with Gasteiger partial charge in [-0.25, -0.2) is 0 Å². The Morgan fingerprint density at radius 3 is 0.714 bits per heavy atom. The predicted molar refractivity (Wildman–Crippen MR) is 25.2 cm³/mol. The Labute approximate surface area is 74.8 Å². The molecule has 0 aliphatic carbocycles. The van der Waals surface area contributed by atoms with Crippen molar-refractivity contribution in [2.75, 3.05) is 0 Å². The first-order valence-electron chi connectivity index (χ1n) is 0.943. The van der Waals surface area contributed by atoms with Gasteiger partial charge < -0.3 is 19.6 Å². The summed E-state index contributed by atoms with van der Waals surface area (Å²) in [6.07, 6.45) is 0. The molecule has 0 radical (unpaired) electrons. The average Bonchev–Trinajstić information content (AvgIpc) is 1.39. The van der Waals surface area contributed by atoms with E-state index in [-0.39, 0.29) is 37.7 Å². The molecule has 0 atom stereocenters. The van der Waals surface area contributed by atoms with E-state index in [1.165, 1.54) is 0 Å². The van der Waals surface area contributed by atoms with E-state index in [0.29, 0.717) is 0 Å². The molecule has 0 aromatic carbocycles. The second-order valence-electron chi connectivity index (χ2n) is 0.192. The van der Waals surface area contributed by atoms with Gasteiger partial charge in [-0.1, -0.05) is 0 Å². The Morgan fingerprint density at radius 2 is 0.714 bits per heavy atom. The molecule has 0 unspecified atom stereocenters. The van der Waals surface area contributed by atoms with Crippen molar-refractivity contribution in [2.24, 2.45) is 0 Å². The molecule has 0 bridgehead atoms. The Bertz CT molecular complexity index is 11.7. The normalized spacial score (nSPS) is 5.14. The minimum Gasteiger partial charge on any atom is -0.687 e. The van der Waals surface area contributed by atoms with Gasteiger partial charge in [0, 0.05) is 0 Å². The topological polar surface area (TPSA) is 92.2 Å². The number of rotatable bonds is 0. The maximum absolute atomic E-state index is 8.46. The van der Waals surface area contributed by atoms with Crippen LogP contribution in [-0.2, 0) is 0 Å². The molecule has 0 fully saturated rings. The maximum atomic E-state index is 8.46. The monoisotopic (exact) mass is 170 g/mol. The van der Waals surface area contributed by atoms with Crippen LogP contribution in [0.5, 0.6) is 0 Å². The van der Waals surface area contributed by atoms with Crippen LogP contribution in [-0.4, -0.2) is 37.7 Å². The fourth-order valence-electron chi connectivity index (χ4n) is 0. The zero-order valence-electron chi connectivity index (χ0n) is 3.49. The van der Waals surface area contributed by atoms with Gasteiger partial charge in [0.25, 0.3) is 0 Å². The molecule has 0 N–H and O–H groups in total. The van der Waals surface area contributed by atoms with Gasteiger partial charge in [-0.15, -0.1) is 18.1 Å². The van der Waals surface area contributed by atoms with E-state index in [9.17, 15) is 0 Å². The predicted octanol–water partition coefficient (Wildman–Crippen LogP) is -4.49. The van der Waals surface area contributed by atoms with E-state index in [1.807, 2.05) is 0 Å². The number of hydrogen-bond acceptors (Lipinski definition) is 4. The Morgan fingerprint density at radius 1 is 0.714 bits per heavy atom. The van der Waals surface area contributed by atoms with Gasteiger partial charge in [0.15, 0.2) is 0 Å². The zero-order valence-corrected chi connectivity index (χ0v) is 8.01. The van der Waals surface area contributed by atoms with Crippen LogP contribution in [0.25, 0.3) is 0 Å². The van der Waals surface area contributed by atoms with Gasteiger partial charge in [0.1, 0.15) is 0 Å². The summed E-state index contributed by atoms with van der Waals surface area (Å²) < 4.78 is 0. The van der Waals surface area contributed by atoms with Crippen LogP contribution in [0, 0.1) is 0 Å². The van der Waals surface area contributed by atoms with Crippen LogP contribution in [0.4, 0.5) is 0 Å². The molecule has 7 heavy (non-hydrogen) atoms. The van der Waals surface area contributed by atoms with Gasteiger partial charge in [-0.3, -0.25) is 0 Å². The second-order valence-corrected chi connectivity index (χ2v) is 0.577. The summed E-state index contributed by atoms with van der Waals surface area (Å²) in [7, 11) is -3.50. The first kappa shape index (κ1) is 16.0. The van der Waals surface area contributed by atoms with E-state index in [4.69, 9.17) is 19.6 Å². The summed E-state index contributed by atoms with van der Waals surface area (Å²) in [6.45, 7) is 0. The van der Waals surface area contributed by atoms with Crippen LogP contribution in [0.2, 0.25) is 0 Å². The fraction of sp³-hybridized carbons (Fsp3) is 0. The third-order valence-corrected chi connectivity index (χ3v) is 0. The number of hydrogen-bond donors (Lipinski definition) is 0. The molecule has 0 saturated carbocycles. The Hall–Kier alpha value is 1.96. The van der Waals surface area contributed by atoms with E-state index < -0.39 is 18.1 Å². The molecular weight excluding hydrogens is 166 g/mol. The van der Waals surface area contributed by atoms with E-state index in [1.54, 1.807) is 0 Å². The van der Waals surface area contributed by atoms with Gasteiger partial charge in [0.05, 0.1) is 0 Å². The molecule has 0 aliphatic rings. The molecule has 7 heteroatoms. The standard InChI is InChI=1S/Ca.2H2O2P/c;2*1-3-2/h;2*3H2/q+2;2*-1. The van der Waals surface area contributed by atoms with Crippen molar-refractivity contribution >= 4 is 55.8 Å². The molecular formula is H4CaO4P2. The minimum atomic E-state index is -1.75. The molecule has 0 aromatic rings. The van der Waals surface area contributed by atoms with Crippen molar-refractivity contribution in [1.82, 2.24) is 0 Å². The van der Waals surface area contributed by atoms with Crippen molar-refractivity contribution in [3.8, 4) is 0 Å². The van der Waals surface area contributed by atoms with Crippen LogP contribution < -0.4 is 19.6 Å². The van der Waals surface area contributed by atoms with Crippen molar-refractivity contribution in [1.29, 1.82) is 0 Å². The summed E-state index contributed by atoms with van der Waals surface area (Å²) >= 11 is 0. The smallest absolute Gasteiger partial charge is 0.687 e. The first-order valence-corrected chi connectivity index (χ1v) is 2.83. The molecule has 0 saturated heterocycles. The van der Waals surface area contributed by atoms with Crippen molar-refractivity contribution < 1.29 is 19.6 Å². The van der Waals surface area contributed by atoms with Crippen molar-refractivity contribution in [3.63, 3.8) is 0 Å². The molecule has 0 aliphatic heterocycles. The van der Waals surface area contributed by atoms with Crippen molar-refractivity contribution in [3.05, 3.63) is 0 Å². The summed E-state index contributed by atoms with van der Waals surface area (Å²) in [5, 5.41) is 0. The van der Waals surface area contributed by atoms with Crippen molar-refractivity contribution in [2.45, 2.75) is 0 Å². The zero-order chi connectivity index (χ0) is 5.41. The summed E-state index contributed by atoms with van der Waals surface area (Å²) in [4.78, 5) is 33.8. The molecule has 0 aromatic heterocycles. The first-order chi connectivity index (χ1) is 2.83. The average molecular weight is 170 g/mol.